The van der Waals surface area contributed by atoms with Crippen LogP contribution in [0.2, 0.25) is 0 Å². The zero-order chi connectivity index (χ0) is 27.5. The molecule has 4 rings (SSSR count). The van der Waals surface area contributed by atoms with Crippen molar-refractivity contribution in [1.29, 1.82) is 0 Å². The van der Waals surface area contributed by atoms with Gasteiger partial charge in [0.1, 0.15) is 11.6 Å². The molecular formula is C27H31N5O5S. The molecule has 0 bridgehead atoms. The molecule has 2 aromatic heterocycles. The first-order valence-electron chi connectivity index (χ1n) is 12.3. The van der Waals surface area contributed by atoms with E-state index in [2.05, 4.69) is 40.8 Å². The molecule has 38 heavy (non-hydrogen) atoms. The fraction of sp³-hybridized carbons (Fsp3) is 0.333. The van der Waals surface area contributed by atoms with Crippen LogP contribution >= 0.6 is 0 Å². The highest BCUT2D eigenvalue weighted by Gasteiger charge is 2.40. The van der Waals surface area contributed by atoms with Gasteiger partial charge < -0.3 is 15.0 Å². The highest BCUT2D eigenvalue weighted by Crippen LogP contribution is 2.38. The summed E-state index contributed by atoms with van der Waals surface area (Å²) in [5, 5.41) is 2.65. The maximum atomic E-state index is 13.2. The lowest BCUT2D eigenvalue weighted by molar-refractivity contribution is 0.0526. The van der Waals surface area contributed by atoms with Crippen LogP contribution in [-0.4, -0.2) is 49.0 Å². The summed E-state index contributed by atoms with van der Waals surface area (Å²) in [4.78, 5) is 35.9. The van der Waals surface area contributed by atoms with E-state index >= 15 is 0 Å². The number of hydrogen-bond acceptors (Lipinski definition) is 9. The fourth-order valence-electron chi connectivity index (χ4n) is 4.35. The summed E-state index contributed by atoms with van der Waals surface area (Å²) in [5.41, 5.74) is 0.789. The molecule has 3 heterocycles. The Morgan fingerprint density at radius 3 is 2.61 bits per heavy atom. The number of rotatable bonds is 8. The molecule has 1 fully saturated rings. The molecule has 10 nitrogen and oxygen atoms in total. The Balaban J connectivity index is 1.54. The van der Waals surface area contributed by atoms with Crippen LogP contribution in [0.3, 0.4) is 0 Å². The van der Waals surface area contributed by atoms with E-state index in [4.69, 9.17) is 4.74 Å². The average molecular weight is 538 g/mol. The number of ether oxygens (including phenoxy) is 1. The first-order valence-corrected chi connectivity index (χ1v) is 13.8. The van der Waals surface area contributed by atoms with E-state index in [9.17, 15) is 18.0 Å². The fourth-order valence-corrected chi connectivity index (χ4v) is 5.28. The molecule has 0 saturated carbocycles. The van der Waals surface area contributed by atoms with Crippen molar-refractivity contribution in [2.75, 3.05) is 23.4 Å². The van der Waals surface area contributed by atoms with Gasteiger partial charge in [-0.05, 0) is 75.6 Å². The third-order valence-electron chi connectivity index (χ3n) is 6.85. The molecule has 1 unspecified atom stereocenters. The molecule has 1 amide bonds. The van der Waals surface area contributed by atoms with Gasteiger partial charge in [0.05, 0.1) is 17.7 Å². The molecule has 1 aromatic carbocycles. The van der Waals surface area contributed by atoms with E-state index in [-0.39, 0.29) is 28.6 Å². The lowest BCUT2D eigenvalue weighted by Crippen LogP contribution is -2.43. The topological polar surface area (TPSA) is 131 Å². The molecule has 0 aliphatic carbocycles. The monoisotopic (exact) mass is 537 g/mol. The number of carbonyl (C=O) groups is 2. The van der Waals surface area contributed by atoms with Gasteiger partial charge in [0.15, 0.2) is 5.03 Å². The molecule has 1 saturated heterocycles. The molecule has 3 aromatic rings. The summed E-state index contributed by atoms with van der Waals surface area (Å²) in [6, 6.07) is 14.1. The Labute approximate surface area is 222 Å². The Morgan fingerprint density at radius 1 is 1.13 bits per heavy atom. The number of sulfonamides is 1. The quantitative estimate of drug-likeness (QED) is 0.407. The highest BCUT2D eigenvalue weighted by molar-refractivity contribution is 7.90. The zero-order valence-electron chi connectivity index (χ0n) is 21.8. The minimum atomic E-state index is -4.30. The summed E-state index contributed by atoms with van der Waals surface area (Å²) >= 11 is 0. The van der Waals surface area contributed by atoms with Crippen molar-refractivity contribution >= 4 is 39.2 Å². The van der Waals surface area contributed by atoms with Gasteiger partial charge in [0.2, 0.25) is 0 Å². The van der Waals surface area contributed by atoms with Gasteiger partial charge in [-0.3, -0.25) is 4.79 Å². The summed E-state index contributed by atoms with van der Waals surface area (Å²) in [6.45, 7) is 9.00. The smallest absolute Gasteiger partial charge is 0.338 e. The molecule has 2 N–H and O–H groups in total. The number of benzene rings is 1. The minimum Gasteiger partial charge on any atom is -0.462 e. The normalized spacial score (nSPS) is 16.6. The molecule has 11 heteroatoms. The van der Waals surface area contributed by atoms with E-state index in [0.29, 0.717) is 29.5 Å². The lowest BCUT2D eigenvalue weighted by Gasteiger charge is -2.36. The number of anilines is 3. The summed E-state index contributed by atoms with van der Waals surface area (Å²) < 4.78 is 33.4. The van der Waals surface area contributed by atoms with Crippen molar-refractivity contribution in [3.8, 4) is 0 Å². The first kappa shape index (κ1) is 27.1. The highest BCUT2D eigenvalue weighted by atomic mass is 32.2. The number of nitrogens with zero attached hydrogens (tertiary/aromatic N) is 3. The van der Waals surface area contributed by atoms with Crippen molar-refractivity contribution in [1.82, 2.24) is 14.7 Å². The summed E-state index contributed by atoms with van der Waals surface area (Å²) in [7, 11) is -4.30. The van der Waals surface area contributed by atoms with Gasteiger partial charge in [-0.25, -0.2) is 19.5 Å². The number of pyridine rings is 2. The molecule has 200 valence electrons. The largest absolute Gasteiger partial charge is 0.462 e. The number of carbonyl (C=O) groups excluding carboxylic acids is 2. The molecule has 0 spiro atoms. The number of hydrogen-bond donors (Lipinski definition) is 2. The molecular weight excluding hydrogens is 506 g/mol. The van der Waals surface area contributed by atoms with Crippen LogP contribution in [0, 0.1) is 5.92 Å². The Hall–Kier alpha value is -3.99. The number of esters is 1. The predicted octanol–water partition coefficient (Wildman–Crippen LogP) is 4.14. The zero-order valence-corrected chi connectivity index (χ0v) is 22.6. The van der Waals surface area contributed by atoms with Crippen molar-refractivity contribution in [2.24, 2.45) is 5.92 Å². The van der Waals surface area contributed by atoms with Crippen LogP contribution in [0.15, 0.2) is 65.8 Å². The van der Waals surface area contributed by atoms with Crippen molar-refractivity contribution in [3.63, 3.8) is 0 Å². The van der Waals surface area contributed by atoms with Gasteiger partial charge in [-0.1, -0.05) is 19.1 Å². The van der Waals surface area contributed by atoms with Gasteiger partial charge in [-0.15, -0.1) is 0 Å². The Bertz CT molecular complexity index is 1460. The number of nitrogens with one attached hydrogen (secondary N) is 2. The van der Waals surface area contributed by atoms with Gasteiger partial charge in [0.25, 0.3) is 15.9 Å². The Kier molecular flexibility index (Phi) is 7.68. The average Bonchev–Trinajstić information content (AvgIpc) is 3.16. The maximum Gasteiger partial charge on any atom is 0.338 e. The molecule has 1 aliphatic heterocycles. The number of amides is 1. The van der Waals surface area contributed by atoms with Crippen LogP contribution in [0.25, 0.3) is 0 Å². The standard InChI is InChI=1S/C27H31N5O5S/c1-5-37-26(34)19-9-6-10-20(17-19)29-22-12-7-13-23(30-22)38(35,36)31-25(33)21-11-8-15-28-24(21)32-16-14-18(2)27(32,3)4/h6-13,15,17-18H,5,14,16H2,1-4H3,(H,29,30)(H,31,33). The third kappa shape index (κ3) is 5.62. The predicted molar refractivity (Wildman–Crippen MR) is 144 cm³/mol. The van der Waals surface area contributed by atoms with E-state index in [0.717, 1.165) is 6.42 Å². The van der Waals surface area contributed by atoms with Crippen molar-refractivity contribution < 1.29 is 22.7 Å². The van der Waals surface area contributed by atoms with Crippen LogP contribution in [0.1, 0.15) is 54.8 Å². The van der Waals surface area contributed by atoms with Crippen LogP contribution in [0.5, 0.6) is 0 Å². The van der Waals surface area contributed by atoms with Crippen molar-refractivity contribution in [3.05, 3.63) is 71.9 Å². The number of aromatic nitrogens is 2. The maximum absolute atomic E-state index is 13.2. The minimum absolute atomic E-state index is 0.170. The third-order valence-corrected chi connectivity index (χ3v) is 8.08. The van der Waals surface area contributed by atoms with Gasteiger partial charge in [0, 0.05) is 24.0 Å². The second-order valence-corrected chi connectivity index (χ2v) is 11.2. The van der Waals surface area contributed by atoms with Crippen LogP contribution < -0.4 is 14.9 Å². The molecule has 1 atom stereocenters. The first-order chi connectivity index (χ1) is 18.0. The summed E-state index contributed by atoms with van der Waals surface area (Å²) in [6.07, 6.45) is 2.53. The SMILES string of the molecule is CCOC(=O)c1cccc(Nc2cccc(S(=O)(=O)NC(=O)c3cccnc3N3CCC(C)C3(C)C)n2)c1. The second-order valence-electron chi connectivity index (χ2n) is 9.59. The van der Waals surface area contributed by atoms with E-state index in [1.807, 2.05) is 4.90 Å². The van der Waals surface area contributed by atoms with Gasteiger partial charge in [-0.2, -0.15) is 8.42 Å². The van der Waals surface area contributed by atoms with Crippen LogP contribution in [-0.2, 0) is 14.8 Å². The second kappa shape index (κ2) is 10.8. The molecule has 0 radical (unpaired) electrons. The summed E-state index contributed by atoms with van der Waals surface area (Å²) in [5.74, 6) is -0.215. The lowest BCUT2D eigenvalue weighted by atomic mass is 9.90. The Morgan fingerprint density at radius 2 is 1.89 bits per heavy atom. The van der Waals surface area contributed by atoms with Crippen LogP contribution in [0.4, 0.5) is 17.3 Å². The van der Waals surface area contributed by atoms with E-state index in [1.54, 1.807) is 55.6 Å². The van der Waals surface area contributed by atoms with Crippen molar-refractivity contribution in [2.45, 2.75) is 44.7 Å². The van der Waals surface area contributed by atoms with E-state index < -0.39 is 21.9 Å². The van der Waals surface area contributed by atoms with Gasteiger partial charge >= 0.3 is 5.97 Å². The van der Waals surface area contributed by atoms with E-state index in [1.165, 1.54) is 12.1 Å². The molecule has 1 aliphatic rings.